The Bertz CT molecular complexity index is 1240. The Morgan fingerprint density at radius 2 is 1.66 bits per heavy atom. The normalized spacial score (nSPS) is 25.9. The topological polar surface area (TPSA) is 148 Å². The van der Waals surface area contributed by atoms with E-state index in [9.17, 15) is 24.0 Å². The summed E-state index contributed by atoms with van der Waals surface area (Å²) < 4.78 is 5.52. The summed E-state index contributed by atoms with van der Waals surface area (Å²) in [5.41, 5.74) is 6.66. The van der Waals surface area contributed by atoms with Crippen molar-refractivity contribution in [2.45, 2.75) is 90.4 Å². The average molecular weight is 567 g/mol. The fourth-order valence-electron chi connectivity index (χ4n) is 6.98. The third kappa shape index (κ3) is 5.97. The van der Waals surface area contributed by atoms with Gasteiger partial charge in [-0.1, -0.05) is 51.0 Å². The second kappa shape index (κ2) is 10.4. The number of fused-ring (bicyclic) bond motifs is 2. The highest BCUT2D eigenvalue weighted by molar-refractivity contribution is 6.37. The van der Waals surface area contributed by atoms with E-state index in [1.807, 2.05) is 24.3 Å². The summed E-state index contributed by atoms with van der Waals surface area (Å²) in [7, 11) is 0. The number of piperidine rings is 1. The number of hydrogen-bond donors (Lipinski definition) is 3. The second-order valence-corrected chi connectivity index (χ2v) is 13.9. The molecule has 10 nitrogen and oxygen atoms in total. The molecule has 5 atom stereocenters. The molecule has 1 aliphatic heterocycles. The van der Waals surface area contributed by atoms with Gasteiger partial charge >= 0.3 is 6.09 Å². The molecule has 4 amide bonds. The smallest absolute Gasteiger partial charge is 0.408 e. The summed E-state index contributed by atoms with van der Waals surface area (Å²) in [4.78, 5) is 67.0. The lowest BCUT2D eigenvalue weighted by Crippen LogP contribution is -2.59. The van der Waals surface area contributed by atoms with E-state index in [4.69, 9.17) is 10.5 Å². The molecule has 3 aliphatic carbocycles. The van der Waals surface area contributed by atoms with Gasteiger partial charge in [0.05, 0.1) is 6.04 Å². The largest absolute Gasteiger partial charge is 0.444 e. The molecule has 222 valence electrons. The van der Waals surface area contributed by atoms with Gasteiger partial charge in [0.25, 0.3) is 5.91 Å². The molecule has 5 rings (SSSR count). The van der Waals surface area contributed by atoms with Gasteiger partial charge in [-0.3, -0.25) is 19.2 Å². The first kappa shape index (κ1) is 29.1. The second-order valence-electron chi connectivity index (χ2n) is 13.9. The standard InChI is InChI=1S/C31H42N4O6/c1-30(2,3)41-29(40)34-23(19-13-17-8-6-7-9-18(17)14-19)28(39)35-15-20-22(31(20,4)5)24(35)27(38)33-21(12-16-10-11-16)25(36)26(32)37/h6-9,16,19-24H,10-15H2,1-5H3,(H2,32,37)(H,33,38)(H,34,40)/t20-,21?,22-,23-,24?/m0/s1. The molecule has 10 heteroatoms. The van der Waals surface area contributed by atoms with Crippen molar-refractivity contribution in [2.24, 2.45) is 34.8 Å². The number of hydrogen-bond acceptors (Lipinski definition) is 6. The maximum absolute atomic E-state index is 14.3. The highest BCUT2D eigenvalue weighted by Gasteiger charge is 2.70. The summed E-state index contributed by atoms with van der Waals surface area (Å²) >= 11 is 0. The summed E-state index contributed by atoms with van der Waals surface area (Å²) in [6.45, 7) is 9.80. The van der Waals surface area contributed by atoms with Crippen LogP contribution in [-0.2, 0) is 36.8 Å². The Morgan fingerprint density at radius 3 is 2.20 bits per heavy atom. The van der Waals surface area contributed by atoms with E-state index in [1.54, 1.807) is 25.7 Å². The van der Waals surface area contributed by atoms with Crippen LogP contribution >= 0.6 is 0 Å². The van der Waals surface area contributed by atoms with Crippen molar-refractivity contribution in [1.82, 2.24) is 15.5 Å². The van der Waals surface area contributed by atoms with Crippen molar-refractivity contribution in [2.75, 3.05) is 6.54 Å². The molecule has 0 spiro atoms. The molecule has 1 aromatic carbocycles. The lowest BCUT2D eigenvalue weighted by Gasteiger charge is -2.35. The number of benzene rings is 1. The molecule has 41 heavy (non-hydrogen) atoms. The average Bonchev–Trinajstić information content (AvgIpc) is 3.63. The summed E-state index contributed by atoms with van der Waals surface area (Å²) in [6.07, 6.45) is 2.77. The quantitative estimate of drug-likeness (QED) is 0.390. The number of nitrogens with zero attached hydrogens (tertiary/aromatic N) is 1. The Labute approximate surface area is 241 Å². The van der Waals surface area contributed by atoms with Crippen molar-refractivity contribution < 1.29 is 28.7 Å². The third-order valence-corrected chi connectivity index (χ3v) is 9.39. The van der Waals surface area contributed by atoms with Crippen LogP contribution in [-0.4, -0.2) is 64.8 Å². The van der Waals surface area contributed by atoms with Gasteiger partial charge < -0.3 is 26.0 Å². The Morgan fingerprint density at radius 1 is 1.05 bits per heavy atom. The summed E-state index contributed by atoms with van der Waals surface area (Å²) in [5, 5.41) is 5.64. The number of ketones is 1. The van der Waals surface area contributed by atoms with Crippen molar-refractivity contribution in [3.05, 3.63) is 35.4 Å². The van der Waals surface area contributed by atoms with Crippen LogP contribution in [0.1, 0.15) is 65.0 Å². The Kier molecular flexibility index (Phi) is 7.40. The van der Waals surface area contributed by atoms with Gasteiger partial charge in [0.1, 0.15) is 17.7 Å². The minimum Gasteiger partial charge on any atom is -0.444 e. The number of rotatable bonds is 9. The van der Waals surface area contributed by atoms with Crippen LogP contribution < -0.4 is 16.4 Å². The molecule has 4 aliphatic rings. The molecular formula is C31H42N4O6. The number of primary amides is 1. The fraction of sp³-hybridized carbons (Fsp3) is 0.645. The van der Waals surface area contributed by atoms with Crippen molar-refractivity contribution in [3.8, 4) is 0 Å². The molecule has 3 fully saturated rings. The van der Waals surface area contributed by atoms with Gasteiger partial charge in [0.15, 0.2) is 0 Å². The maximum Gasteiger partial charge on any atom is 0.408 e. The zero-order chi connectivity index (χ0) is 29.9. The predicted molar refractivity (Wildman–Crippen MR) is 150 cm³/mol. The number of nitrogens with two attached hydrogens (primary N) is 1. The first-order valence-electron chi connectivity index (χ1n) is 14.7. The number of Topliss-reactive ketones (excluding diaryl/α,β-unsaturated/α-hetero) is 1. The molecule has 1 saturated heterocycles. The molecule has 2 saturated carbocycles. The first-order valence-corrected chi connectivity index (χ1v) is 14.7. The summed E-state index contributed by atoms with van der Waals surface area (Å²) in [5.74, 6) is -2.62. The van der Waals surface area contributed by atoms with Crippen LogP contribution in [0.2, 0.25) is 0 Å². The minimum atomic E-state index is -1.08. The number of carbonyl (C=O) groups excluding carboxylic acids is 5. The van der Waals surface area contributed by atoms with E-state index in [0.29, 0.717) is 25.8 Å². The number of nitrogens with one attached hydrogen (secondary N) is 2. The van der Waals surface area contributed by atoms with E-state index in [0.717, 1.165) is 24.0 Å². The lowest BCUT2D eigenvalue weighted by molar-refractivity contribution is -0.144. The number of carbonyl (C=O) groups is 5. The number of likely N-dealkylation sites (tertiary alicyclic amines) is 1. The van der Waals surface area contributed by atoms with E-state index in [2.05, 4.69) is 24.5 Å². The van der Waals surface area contributed by atoms with Gasteiger partial charge in [-0.2, -0.15) is 0 Å². The maximum atomic E-state index is 14.3. The van der Waals surface area contributed by atoms with Crippen molar-refractivity contribution >= 4 is 29.6 Å². The zero-order valence-corrected chi connectivity index (χ0v) is 24.6. The van der Waals surface area contributed by atoms with Gasteiger partial charge in [0.2, 0.25) is 17.6 Å². The number of alkyl carbamates (subject to hydrolysis) is 1. The molecule has 1 aromatic rings. The van der Waals surface area contributed by atoms with Gasteiger partial charge in [-0.15, -0.1) is 0 Å². The van der Waals surface area contributed by atoms with Crippen LogP contribution in [0, 0.1) is 29.1 Å². The molecular weight excluding hydrogens is 524 g/mol. The first-order chi connectivity index (χ1) is 19.2. The minimum absolute atomic E-state index is 0.0975. The highest BCUT2D eigenvalue weighted by atomic mass is 16.6. The van der Waals surface area contributed by atoms with Crippen LogP contribution in [0.4, 0.5) is 4.79 Å². The van der Waals surface area contributed by atoms with Crippen molar-refractivity contribution in [3.63, 3.8) is 0 Å². The van der Waals surface area contributed by atoms with Crippen LogP contribution in [0.5, 0.6) is 0 Å². The predicted octanol–water partition coefficient (Wildman–Crippen LogP) is 2.12. The molecule has 1 heterocycles. The van der Waals surface area contributed by atoms with Crippen LogP contribution in [0.15, 0.2) is 24.3 Å². The zero-order valence-electron chi connectivity index (χ0n) is 24.6. The molecule has 2 unspecified atom stereocenters. The van der Waals surface area contributed by atoms with E-state index in [-0.39, 0.29) is 35.0 Å². The van der Waals surface area contributed by atoms with Gasteiger partial charge in [-0.05, 0) is 80.2 Å². The summed E-state index contributed by atoms with van der Waals surface area (Å²) in [6, 6.07) is 5.25. The van der Waals surface area contributed by atoms with Crippen LogP contribution in [0.25, 0.3) is 0 Å². The number of amides is 4. The highest BCUT2D eigenvalue weighted by Crippen LogP contribution is 2.65. The number of ether oxygens (including phenoxy) is 1. The van der Waals surface area contributed by atoms with E-state index >= 15 is 0 Å². The van der Waals surface area contributed by atoms with E-state index in [1.165, 1.54) is 0 Å². The third-order valence-electron chi connectivity index (χ3n) is 9.39. The lowest BCUT2D eigenvalue weighted by atomic mass is 9.93. The van der Waals surface area contributed by atoms with Gasteiger partial charge in [0, 0.05) is 6.54 Å². The molecule has 0 radical (unpaired) electrons. The van der Waals surface area contributed by atoms with Gasteiger partial charge in [-0.25, -0.2) is 4.79 Å². The SMILES string of the molecule is CC(C)(C)OC(=O)N[C@H](C(=O)N1C[C@H]2[C@@H](C1C(=O)NC(CC1CC1)C(=O)C(N)=O)C2(C)C)C1Cc2ccccc2C1. The van der Waals surface area contributed by atoms with Crippen LogP contribution in [0.3, 0.4) is 0 Å². The van der Waals surface area contributed by atoms with E-state index < -0.39 is 47.4 Å². The van der Waals surface area contributed by atoms with Crippen molar-refractivity contribution in [1.29, 1.82) is 0 Å². The Hall–Kier alpha value is -3.43. The Balaban J connectivity index is 1.39. The monoisotopic (exact) mass is 566 g/mol. The molecule has 4 N–H and O–H groups in total. The fourth-order valence-corrected chi connectivity index (χ4v) is 6.98. The molecule has 0 aromatic heterocycles. The molecule has 0 bridgehead atoms.